The number of piperidine rings is 1. The molecule has 8 nitrogen and oxygen atoms in total. The Hall–Kier alpha value is -2.90. The fourth-order valence-corrected chi connectivity index (χ4v) is 3.40. The quantitative estimate of drug-likeness (QED) is 0.591. The summed E-state index contributed by atoms with van der Waals surface area (Å²) in [6.07, 6.45) is 5.73. The topological polar surface area (TPSA) is 101 Å². The fourth-order valence-electron chi connectivity index (χ4n) is 3.40. The Bertz CT molecular complexity index is 755. The van der Waals surface area contributed by atoms with E-state index in [-0.39, 0.29) is 5.91 Å². The van der Waals surface area contributed by atoms with Crippen LogP contribution in [0.2, 0.25) is 0 Å². The summed E-state index contributed by atoms with van der Waals surface area (Å²) in [4.78, 5) is 22.2. The number of benzene rings is 1. The van der Waals surface area contributed by atoms with Crippen LogP contribution in [0.4, 0.5) is 0 Å². The van der Waals surface area contributed by atoms with Crippen LogP contribution in [0.15, 0.2) is 41.9 Å². The first-order valence-electron chi connectivity index (χ1n) is 9.41. The van der Waals surface area contributed by atoms with Crippen molar-refractivity contribution < 1.29 is 4.79 Å². The van der Waals surface area contributed by atoms with Gasteiger partial charge in [0.1, 0.15) is 12.7 Å². The van der Waals surface area contributed by atoms with E-state index in [2.05, 4.69) is 39.4 Å². The molecular weight excluding hydrogens is 342 g/mol. The van der Waals surface area contributed by atoms with Crippen LogP contribution in [-0.2, 0) is 11.3 Å². The Kier molecular flexibility index (Phi) is 6.40. The fraction of sp³-hybridized carbons (Fsp3) is 0.474. The summed E-state index contributed by atoms with van der Waals surface area (Å²) < 4.78 is 1.73. The number of likely N-dealkylation sites (tertiary alicyclic amines) is 1. The first kappa shape index (κ1) is 18.9. The van der Waals surface area contributed by atoms with Gasteiger partial charge in [-0.1, -0.05) is 12.1 Å². The summed E-state index contributed by atoms with van der Waals surface area (Å²) in [6, 6.07) is 8.12. The van der Waals surface area contributed by atoms with Gasteiger partial charge in [-0.3, -0.25) is 4.79 Å². The van der Waals surface area contributed by atoms with Gasteiger partial charge in [0.15, 0.2) is 5.96 Å². The monoisotopic (exact) mass is 369 g/mol. The minimum Gasteiger partial charge on any atom is -0.370 e. The van der Waals surface area contributed by atoms with E-state index in [9.17, 15) is 4.79 Å². The number of guanidine groups is 1. The highest BCUT2D eigenvalue weighted by Gasteiger charge is 2.23. The van der Waals surface area contributed by atoms with Gasteiger partial charge in [0.2, 0.25) is 5.91 Å². The second-order valence-electron chi connectivity index (χ2n) is 6.80. The second kappa shape index (κ2) is 9.16. The molecule has 1 aliphatic rings. The van der Waals surface area contributed by atoms with Crippen molar-refractivity contribution in [2.75, 3.05) is 19.6 Å². The third-order valence-corrected chi connectivity index (χ3v) is 4.67. The Balaban J connectivity index is 1.65. The van der Waals surface area contributed by atoms with Gasteiger partial charge in [-0.25, -0.2) is 14.7 Å². The highest BCUT2D eigenvalue weighted by atomic mass is 16.1. The standard InChI is InChI=1S/C19H27N7O/c1-2-22-19(25-9-3-4-16(12-25)10-18(20)27)23-11-15-5-7-17(8-6-15)26-14-21-13-24-26/h5-8,13-14,16H,2-4,9-12H2,1H3,(H2,20,27)(H,22,23). The van der Waals surface area contributed by atoms with E-state index >= 15 is 0 Å². The molecule has 1 aromatic heterocycles. The van der Waals surface area contributed by atoms with Crippen molar-refractivity contribution in [2.24, 2.45) is 16.6 Å². The number of hydrogen-bond donors (Lipinski definition) is 2. The molecule has 8 heteroatoms. The molecule has 0 saturated carbocycles. The molecule has 1 aliphatic heterocycles. The van der Waals surface area contributed by atoms with Crippen molar-refractivity contribution in [1.82, 2.24) is 25.0 Å². The van der Waals surface area contributed by atoms with E-state index in [4.69, 9.17) is 10.7 Å². The van der Waals surface area contributed by atoms with Crippen LogP contribution in [0, 0.1) is 5.92 Å². The first-order valence-corrected chi connectivity index (χ1v) is 9.41. The molecule has 3 N–H and O–H groups in total. The number of primary amides is 1. The summed E-state index contributed by atoms with van der Waals surface area (Å²) in [7, 11) is 0. The van der Waals surface area contributed by atoms with Gasteiger partial charge in [-0.2, -0.15) is 5.10 Å². The van der Waals surface area contributed by atoms with Crippen LogP contribution in [-0.4, -0.2) is 51.2 Å². The third-order valence-electron chi connectivity index (χ3n) is 4.67. The molecule has 0 aliphatic carbocycles. The summed E-state index contributed by atoms with van der Waals surface area (Å²) in [5, 5.41) is 7.50. The first-order chi connectivity index (χ1) is 13.2. The molecule has 2 aromatic rings. The van der Waals surface area contributed by atoms with E-state index in [0.29, 0.717) is 18.9 Å². The second-order valence-corrected chi connectivity index (χ2v) is 6.80. The number of nitrogens with one attached hydrogen (secondary N) is 1. The van der Waals surface area contributed by atoms with Crippen molar-refractivity contribution in [3.63, 3.8) is 0 Å². The largest absolute Gasteiger partial charge is 0.370 e. The summed E-state index contributed by atoms with van der Waals surface area (Å²) >= 11 is 0. The molecule has 0 spiro atoms. The lowest BCUT2D eigenvalue weighted by atomic mass is 9.95. The average Bonchev–Trinajstić information content (AvgIpc) is 3.20. The third kappa shape index (κ3) is 5.29. The highest BCUT2D eigenvalue weighted by molar-refractivity contribution is 5.80. The van der Waals surface area contributed by atoms with Crippen LogP contribution in [0.25, 0.3) is 5.69 Å². The van der Waals surface area contributed by atoms with Crippen molar-refractivity contribution in [2.45, 2.75) is 32.7 Å². The van der Waals surface area contributed by atoms with Crippen LogP contribution in [0.1, 0.15) is 31.7 Å². The number of nitrogens with zero attached hydrogens (tertiary/aromatic N) is 5. The maximum absolute atomic E-state index is 11.2. The van der Waals surface area contributed by atoms with Crippen molar-refractivity contribution >= 4 is 11.9 Å². The Morgan fingerprint density at radius 1 is 1.37 bits per heavy atom. The minimum atomic E-state index is -0.226. The smallest absolute Gasteiger partial charge is 0.217 e. The van der Waals surface area contributed by atoms with Crippen LogP contribution < -0.4 is 11.1 Å². The minimum absolute atomic E-state index is 0.226. The number of amides is 1. The number of rotatable bonds is 6. The van der Waals surface area contributed by atoms with E-state index in [1.165, 1.54) is 6.33 Å². The van der Waals surface area contributed by atoms with E-state index in [1.807, 2.05) is 12.1 Å². The predicted molar refractivity (Wildman–Crippen MR) is 104 cm³/mol. The van der Waals surface area contributed by atoms with Gasteiger partial charge < -0.3 is 16.0 Å². The van der Waals surface area contributed by atoms with Crippen molar-refractivity contribution in [1.29, 1.82) is 0 Å². The molecule has 27 heavy (non-hydrogen) atoms. The number of carbonyl (C=O) groups excluding carboxylic acids is 1. The molecule has 1 amide bonds. The zero-order chi connectivity index (χ0) is 19.1. The van der Waals surface area contributed by atoms with Gasteiger partial charge >= 0.3 is 0 Å². The van der Waals surface area contributed by atoms with Gasteiger partial charge in [0.05, 0.1) is 12.2 Å². The lowest BCUT2D eigenvalue weighted by Gasteiger charge is -2.34. The molecule has 1 fully saturated rings. The van der Waals surface area contributed by atoms with Gasteiger partial charge in [0.25, 0.3) is 0 Å². The summed E-state index contributed by atoms with van der Waals surface area (Å²) in [5.41, 5.74) is 7.47. The molecule has 2 heterocycles. The lowest BCUT2D eigenvalue weighted by molar-refractivity contribution is -0.119. The average molecular weight is 369 g/mol. The molecule has 144 valence electrons. The Morgan fingerprint density at radius 2 is 2.19 bits per heavy atom. The zero-order valence-electron chi connectivity index (χ0n) is 15.7. The zero-order valence-corrected chi connectivity index (χ0v) is 15.7. The van der Waals surface area contributed by atoms with Crippen LogP contribution in [0.3, 0.4) is 0 Å². The molecule has 1 saturated heterocycles. The Morgan fingerprint density at radius 3 is 2.85 bits per heavy atom. The van der Waals surface area contributed by atoms with E-state index < -0.39 is 0 Å². The number of hydrogen-bond acceptors (Lipinski definition) is 4. The molecule has 0 bridgehead atoms. The molecule has 3 rings (SSSR count). The number of carbonyl (C=O) groups is 1. The number of aliphatic imine (C=N–C) groups is 1. The molecule has 0 radical (unpaired) electrons. The predicted octanol–water partition coefficient (Wildman–Crippen LogP) is 1.32. The summed E-state index contributed by atoms with van der Waals surface area (Å²) in [5.74, 6) is 0.977. The summed E-state index contributed by atoms with van der Waals surface area (Å²) in [6.45, 7) is 5.23. The van der Waals surface area contributed by atoms with E-state index in [1.54, 1.807) is 11.0 Å². The van der Waals surface area contributed by atoms with Gasteiger partial charge in [-0.15, -0.1) is 0 Å². The Labute approximate surface area is 159 Å². The maximum atomic E-state index is 11.2. The van der Waals surface area contributed by atoms with Crippen LogP contribution >= 0.6 is 0 Å². The molecule has 1 unspecified atom stereocenters. The lowest BCUT2D eigenvalue weighted by Crippen LogP contribution is -2.47. The van der Waals surface area contributed by atoms with Crippen molar-refractivity contribution in [3.05, 3.63) is 42.5 Å². The molecular formula is C19H27N7O. The van der Waals surface area contributed by atoms with E-state index in [0.717, 1.165) is 49.7 Å². The van der Waals surface area contributed by atoms with Gasteiger partial charge in [-0.05, 0) is 43.4 Å². The van der Waals surface area contributed by atoms with Gasteiger partial charge in [0, 0.05) is 26.1 Å². The number of aromatic nitrogens is 3. The molecule has 1 atom stereocenters. The van der Waals surface area contributed by atoms with Crippen molar-refractivity contribution in [3.8, 4) is 5.69 Å². The highest BCUT2D eigenvalue weighted by Crippen LogP contribution is 2.19. The van der Waals surface area contributed by atoms with Crippen LogP contribution in [0.5, 0.6) is 0 Å². The molecule has 1 aromatic carbocycles. The normalized spacial score (nSPS) is 17.7. The number of nitrogens with two attached hydrogens (primary N) is 1. The SMILES string of the molecule is CCNC(=NCc1ccc(-n2cncn2)cc1)N1CCCC(CC(N)=O)C1. The maximum Gasteiger partial charge on any atom is 0.217 e.